The smallest absolute Gasteiger partial charge is 0.247 e. The maximum absolute atomic E-state index is 11.9. The first-order chi connectivity index (χ1) is 9.41. The molecule has 2 aromatic rings. The molecule has 0 bridgehead atoms. The lowest BCUT2D eigenvalue weighted by Crippen LogP contribution is -2.45. The van der Waals surface area contributed by atoms with Crippen LogP contribution in [0.25, 0.3) is 0 Å². The number of aryl methyl sites for hydroxylation is 1. The van der Waals surface area contributed by atoms with E-state index in [1.165, 1.54) is 0 Å². The fourth-order valence-electron chi connectivity index (χ4n) is 2.09. The molecule has 0 saturated heterocycles. The van der Waals surface area contributed by atoms with Crippen LogP contribution in [-0.2, 0) is 10.3 Å². The van der Waals surface area contributed by atoms with Crippen LogP contribution in [0.2, 0.25) is 5.02 Å². The van der Waals surface area contributed by atoms with Gasteiger partial charge < -0.3 is 11.1 Å². The van der Waals surface area contributed by atoms with Gasteiger partial charge in [0.15, 0.2) is 0 Å². The third kappa shape index (κ3) is 2.94. The van der Waals surface area contributed by atoms with Crippen molar-refractivity contribution >= 4 is 23.2 Å². The van der Waals surface area contributed by atoms with Gasteiger partial charge in [-0.05, 0) is 49.2 Å². The number of nitrogens with two attached hydrogens (primary N) is 1. The van der Waals surface area contributed by atoms with Crippen LogP contribution in [0.4, 0.5) is 5.69 Å². The molecule has 2 aromatic carbocycles. The number of carbonyl (C=O) groups is 1. The molecule has 3 nitrogen and oxygen atoms in total. The fourth-order valence-corrected chi connectivity index (χ4v) is 2.28. The summed E-state index contributed by atoms with van der Waals surface area (Å²) in [5.41, 5.74) is 7.26. The number of primary amides is 1. The van der Waals surface area contributed by atoms with Gasteiger partial charge in [-0.3, -0.25) is 4.79 Å². The molecule has 0 saturated carbocycles. The number of hydrogen-bond donors (Lipinski definition) is 2. The first-order valence-electron chi connectivity index (χ1n) is 6.32. The Kier molecular flexibility index (Phi) is 4.00. The Balaban J connectivity index is 2.42. The molecule has 1 atom stereocenters. The second-order valence-corrected chi connectivity index (χ2v) is 5.43. The van der Waals surface area contributed by atoms with Gasteiger partial charge in [0.2, 0.25) is 5.91 Å². The first kappa shape index (κ1) is 14.4. The number of benzene rings is 2. The largest absolute Gasteiger partial charge is 0.368 e. The third-order valence-electron chi connectivity index (χ3n) is 3.31. The van der Waals surface area contributed by atoms with Crippen molar-refractivity contribution in [3.05, 3.63) is 64.7 Å². The van der Waals surface area contributed by atoms with Crippen LogP contribution in [0, 0.1) is 6.92 Å². The molecule has 0 radical (unpaired) electrons. The van der Waals surface area contributed by atoms with Gasteiger partial charge in [0.05, 0.1) is 0 Å². The van der Waals surface area contributed by atoms with Gasteiger partial charge >= 0.3 is 0 Å². The average Bonchev–Trinajstić information content (AvgIpc) is 2.38. The standard InChI is InChI=1S/C16H17ClN2O/c1-11-5-3-8-14(9-11)19-16(2,15(18)20)12-6-4-7-13(17)10-12/h3-10,19H,1-2H3,(H2,18,20). The highest BCUT2D eigenvalue weighted by Gasteiger charge is 2.33. The molecule has 0 heterocycles. The summed E-state index contributed by atoms with van der Waals surface area (Å²) in [5, 5.41) is 3.78. The second-order valence-electron chi connectivity index (χ2n) is 4.99. The summed E-state index contributed by atoms with van der Waals surface area (Å²) < 4.78 is 0. The van der Waals surface area contributed by atoms with E-state index >= 15 is 0 Å². The van der Waals surface area contributed by atoms with E-state index in [0.717, 1.165) is 16.8 Å². The van der Waals surface area contributed by atoms with E-state index in [-0.39, 0.29) is 0 Å². The van der Waals surface area contributed by atoms with E-state index in [0.29, 0.717) is 5.02 Å². The highest BCUT2D eigenvalue weighted by molar-refractivity contribution is 6.30. The second kappa shape index (κ2) is 5.55. The minimum absolute atomic E-state index is 0.457. The Morgan fingerprint density at radius 2 is 1.90 bits per heavy atom. The minimum Gasteiger partial charge on any atom is -0.368 e. The monoisotopic (exact) mass is 288 g/mol. The highest BCUT2D eigenvalue weighted by atomic mass is 35.5. The van der Waals surface area contributed by atoms with Crippen LogP contribution in [0.15, 0.2) is 48.5 Å². The Labute approximate surface area is 123 Å². The molecular weight excluding hydrogens is 272 g/mol. The molecular formula is C16H17ClN2O. The molecule has 0 spiro atoms. The fraction of sp³-hybridized carbons (Fsp3) is 0.188. The Bertz CT molecular complexity index is 642. The van der Waals surface area contributed by atoms with Crippen LogP contribution in [-0.4, -0.2) is 5.91 Å². The first-order valence-corrected chi connectivity index (χ1v) is 6.70. The van der Waals surface area contributed by atoms with Crippen LogP contribution in [0.5, 0.6) is 0 Å². The molecule has 4 heteroatoms. The van der Waals surface area contributed by atoms with Gasteiger partial charge in [-0.15, -0.1) is 0 Å². The van der Waals surface area contributed by atoms with E-state index < -0.39 is 11.4 Å². The van der Waals surface area contributed by atoms with Crippen molar-refractivity contribution in [3.8, 4) is 0 Å². The summed E-state index contributed by atoms with van der Waals surface area (Å²) in [6.45, 7) is 3.75. The average molecular weight is 289 g/mol. The maximum atomic E-state index is 11.9. The van der Waals surface area contributed by atoms with Crippen LogP contribution in [0.1, 0.15) is 18.1 Å². The molecule has 0 fully saturated rings. The lowest BCUT2D eigenvalue weighted by molar-refractivity contribution is -0.122. The molecule has 0 aromatic heterocycles. The summed E-state index contributed by atoms with van der Waals surface area (Å²) in [6.07, 6.45) is 0. The van der Waals surface area contributed by atoms with Gasteiger partial charge in [0.25, 0.3) is 0 Å². The molecule has 3 N–H and O–H groups in total. The Morgan fingerprint density at radius 3 is 2.50 bits per heavy atom. The van der Waals surface area contributed by atoms with Crippen molar-refractivity contribution < 1.29 is 4.79 Å². The van der Waals surface area contributed by atoms with Crippen LogP contribution >= 0.6 is 11.6 Å². The molecule has 2 rings (SSSR count). The maximum Gasteiger partial charge on any atom is 0.247 e. The van der Waals surface area contributed by atoms with Gasteiger partial charge in [-0.1, -0.05) is 35.9 Å². The summed E-state index contributed by atoms with van der Waals surface area (Å²) >= 11 is 6.00. The molecule has 1 unspecified atom stereocenters. The number of anilines is 1. The number of amides is 1. The molecule has 0 aliphatic rings. The van der Waals surface area contributed by atoms with Crippen molar-refractivity contribution in [1.29, 1.82) is 0 Å². The van der Waals surface area contributed by atoms with Crippen molar-refractivity contribution in [3.63, 3.8) is 0 Å². The molecule has 0 aliphatic heterocycles. The van der Waals surface area contributed by atoms with Crippen molar-refractivity contribution in [2.45, 2.75) is 19.4 Å². The number of halogens is 1. The number of carbonyl (C=O) groups excluding carboxylic acids is 1. The minimum atomic E-state index is -1.02. The van der Waals surface area contributed by atoms with Gasteiger partial charge in [-0.2, -0.15) is 0 Å². The number of hydrogen-bond acceptors (Lipinski definition) is 2. The van der Waals surface area contributed by atoms with Gasteiger partial charge in [0, 0.05) is 10.7 Å². The molecule has 20 heavy (non-hydrogen) atoms. The lowest BCUT2D eigenvalue weighted by atomic mass is 9.90. The SMILES string of the molecule is Cc1cccc(NC(C)(C(N)=O)c2cccc(Cl)c2)c1. The normalized spacial score (nSPS) is 13.6. The van der Waals surface area contributed by atoms with Crippen molar-refractivity contribution in [2.75, 3.05) is 5.32 Å². The zero-order chi connectivity index (χ0) is 14.8. The molecule has 104 valence electrons. The van der Waals surface area contributed by atoms with E-state index in [1.54, 1.807) is 25.1 Å². The van der Waals surface area contributed by atoms with Crippen molar-refractivity contribution in [2.24, 2.45) is 5.73 Å². The highest BCUT2D eigenvalue weighted by Crippen LogP contribution is 2.28. The Hall–Kier alpha value is -2.00. The topological polar surface area (TPSA) is 55.1 Å². The zero-order valence-corrected chi connectivity index (χ0v) is 12.2. The summed E-state index contributed by atoms with van der Waals surface area (Å²) in [7, 11) is 0. The third-order valence-corrected chi connectivity index (χ3v) is 3.54. The lowest BCUT2D eigenvalue weighted by Gasteiger charge is -2.29. The van der Waals surface area contributed by atoms with Crippen LogP contribution in [0.3, 0.4) is 0 Å². The van der Waals surface area contributed by atoms with Gasteiger partial charge in [0.1, 0.15) is 5.54 Å². The Morgan fingerprint density at radius 1 is 1.20 bits per heavy atom. The van der Waals surface area contributed by atoms with Gasteiger partial charge in [-0.25, -0.2) is 0 Å². The molecule has 0 aliphatic carbocycles. The quantitative estimate of drug-likeness (QED) is 0.905. The van der Waals surface area contributed by atoms with E-state index in [9.17, 15) is 4.79 Å². The van der Waals surface area contributed by atoms with E-state index in [2.05, 4.69) is 5.32 Å². The van der Waals surface area contributed by atoms with Crippen LogP contribution < -0.4 is 11.1 Å². The molecule has 1 amide bonds. The number of rotatable bonds is 4. The summed E-state index contributed by atoms with van der Waals surface area (Å²) in [4.78, 5) is 11.9. The summed E-state index contributed by atoms with van der Waals surface area (Å²) in [6, 6.07) is 14.9. The predicted molar refractivity (Wildman–Crippen MR) is 82.8 cm³/mol. The number of nitrogens with one attached hydrogen (secondary N) is 1. The summed E-state index contributed by atoms with van der Waals surface area (Å²) in [5.74, 6) is -0.457. The van der Waals surface area contributed by atoms with E-state index in [4.69, 9.17) is 17.3 Å². The predicted octanol–water partition coefficient (Wildman–Crippen LogP) is 3.46. The van der Waals surface area contributed by atoms with Crippen molar-refractivity contribution in [1.82, 2.24) is 0 Å². The van der Waals surface area contributed by atoms with E-state index in [1.807, 2.05) is 37.3 Å². The zero-order valence-electron chi connectivity index (χ0n) is 11.5.